The smallest absolute Gasteiger partial charge is 0.412 e. The molecule has 0 aliphatic carbocycles. The number of hydrogen-bond acceptors (Lipinski definition) is 7. The van der Waals surface area contributed by atoms with Gasteiger partial charge in [0.05, 0.1) is 23.6 Å². The highest BCUT2D eigenvalue weighted by Crippen LogP contribution is 2.30. The van der Waals surface area contributed by atoms with Crippen LogP contribution in [0, 0.1) is 5.92 Å². The summed E-state index contributed by atoms with van der Waals surface area (Å²) in [6.45, 7) is 14.4. The first-order valence-corrected chi connectivity index (χ1v) is 10.6. The maximum absolute atomic E-state index is 12.4. The molecule has 9 heteroatoms. The van der Waals surface area contributed by atoms with Crippen molar-refractivity contribution < 1.29 is 19.1 Å². The van der Waals surface area contributed by atoms with Gasteiger partial charge in [-0.1, -0.05) is 6.92 Å². The van der Waals surface area contributed by atoms with E-state index in [9.17, 15) is 9.59 Å². The van der Waals surface area contributed by atoms with Crippen LogP contribution in [-0.4, -0.2) is 60.6 Å². The maximum atomic E-state index is 12.4. The largest absolute Gasteiger partial charge is 0.444 e. The highest BCUT2D eigenvalue weighted by atomic mass is 16.6. The van der Waals surface area contributed by atoms with Crippen LogP contribution in [0.2, 0.25) is 0 Å². The Balaban J connectivity index is 2.21. The van der Waals surface area contributed by atoms with Gasteiger partial charge in [-0.3, -0.25) is 10.3 Å². The van der Waals surface area contributed by atoms with Crippen LogP contribution >= 0.6 is 0 Å². The van der Waals surface area contributed by atoms with Crippen molar-refractivity contribution in [2.24, 2.45) is 5.92 Å². The number of nitrogens with one attached hydrogen (secondary N) is 3. The molecule has 31 heavy (non-hydrogen) atoms. The van der Waals surface area contributed by atoms with Gasteiger partial charge in [0.15, 0.2) is 0 Å². The van der Waals surface area contributed by atoms with Crippen LogP contribution < -0.4 is 20.9 Å². The summed E-state index contributed by atoms with van der Waals surface area (Å²) in [6.07, 6.45) is 2.29. The van der Waals surface area contributed by atoms with Gasteiger partial charge in [0.1, 0.15) is 11.2 Å². The predicted octanol–water partition coefficient (Wildman–Crippen LogP) is 3.37. The Morgan fingerprint density at radius 2 is 1.68 bits per heavy atom. The minimum atomic E-state index is -0.603. The Morgan fingerprint density at radius 3 is 2.26 bits per heavy atom. The van der Waals surface area contributed by atoms with E-state index in [1.54, 1.807) is 12.4 Å². The summed E-state index contributed by atoms with van der Waals surface area (Å²) in [5, 5.41) is 9.12. The van der Waals surface area contributed by atoms with Crippen LogP contribution in [0.25, 0.3) is 0 Å². The summed E-state index contributed by atoms with van der Waals surface area (Å²) in [6, 6.07) is 1.74. The third-order valence-electron chi connectivity index (χ3n) is 4.78. The number of rotatable bonds is 4. The van der Waals surface area contributed by atoms with Crippen molar-refractivity contribution in [2.45, 2.75) is 71.8 Å². The Hall–Kier alpha value is -2.55. The van der Waals surface area contributed by atoms with E-state index in [1.165, 1.54) is 0 Å². The average Bonchev–Trinajstić information content (AvgIpc) is 2.58. The normalized spacial score (nSPS) is 21.9. The third-order valence-corrected chi connectivity index (χ3v) is 4.78. The van der Waals surface area contributed by atoms with Crippen molar-refractivity contribution >= 4 is 23.6 Å². The summed E-state index contributed by atoms with van der Waals surface area (Å²) >= 11 is 0. The minimum absolute atomic E-state index is 0.0767. The molecule has 0 saturated carbocycles. The third kappa shape index (κ3) is 7.57. The first-order chi connectivity index (χ1) is 14.3. The van der Waals surface area contributed by atoms with E-state index in [4.69, 9.17) is 9.47 Å². The molecule has 174 valence electrons. The quantitative estimate of drug-likeness (QED) is 0.666. The number of hydrogen-bond donors (Lipinski definition) is 3. The molecule has 1 aliphatic rings. The number of alkyl carbamates (subject to hydrolysis) is 1. The monoisotopic (exact) mass is 435 g/mol. The lowest BCUT2D eigenvalue weighted by atomic mass is 9.89. The molecule has 0 unspecified atom stereocenters. The first-order valence-electron chi connectivity index (χ1n) is 10.6. The van der Waals surface area contributed by atoms with Gasteiger partial charge in [0, 0.05) is 25.3 Å². The molecule has 0 bridgehead atoms. The molecule has 3 N–H and O–H groups in total. The lowest BCUT2D eigenvalue weighted by Crippen LogP contribution is -2.63. The second kappa shape index (κ2) is 9.72. The summed E-state index contributed by atoms with van der Waals surface area (Å²) in [5.74, 6) is 0.223. The van der Waals surface area contributed by atoms with Crippen LogP contribution in [-0.2, 0) is 9.47 Å². The molecule has 2 heterocycles. The van der Waals surface area contributed by atoms with E-state index in [0.29, 0.717) is 12.2 Å². The van der Waals surface area contributed by atoms with Gasteiger partial charge in [-0.05, 0) is 60.6 Å². The lowest BCUT2D eigenvalue weighted by Gasteiger charge is -2.44. The van der Waals surface area contributed by atoms with Crippen molar-refractivity contribution in [3.05, 3.63) is 18.5 Å². The van der Waals surface area contributed by atoms with E-state index >= 15 is 0 Å². The molecular formula is C22H37N5O4. The zero-order valence-corrected chi connectivity index (χ0v) is 19.9. The Bertz CT molecular complexity index is 772. The number of amides is 2. The number of nitrogens with zero attached hydrogens (tertiary/aromatic N) is 2. The number of anilines is 2. The van der Waals surface area contributed by atoms with Gasteiger partial charge in [0.2, 0.25) is 0 Å². The molecule has 1 aromatic heterocycles. The highest BCUT2D eigenvalue weighted by Gasteiger charge is 2.36. The summed E-state index contributed by atoms with van der Waals surface area (Å²) < 4.78 is 10.8. The Labute approximate surface area is 185 Å². The minimum Gasteiger partial charge on any atom is -0.444 e. The molecule has 1 fully saturated rings. The number of ether oxygens (including phenoxy) is 2. The number of likely N-dealkylation sites (N-methyl/N-ethyl adjacent to an activating group) is 1. The van der Waals surface area contributed by atoms with Gasteiger partial charge < -0.3 is 25.0 Å². The molecule has 0 spiro atoms. The van der Waals surface area contributed by atoms with Crippen LogP contribution in [0.15, 0.2) is 18.5 Å². The fourth-order valence-electron chi connectivity index (χ4n) is 3.73. The standard InChI is InChI=1S/C22H37N5O4/c1-14-12-27(13-16(18(14)23-8)26-20(29)31-22(5,6)7)17-9-10-24-11-15(17)25-19(28)30-21(2,3)4/h9-11,14,16,18,23H,12-13H2,1-8H3,(H,25,28)(H,26,29)/t14-,16+,18-/m0/s1. The number of carbonyl (C=O) groups excluding carboxylic acids is 2. The van der Waals surface area contributed by atoms with Crippen molar-refractivity contribution in [3.8, 4) is 0 Å². The van der Waals surface area contributed by atoms with E-state index in [0.717, 1.165) is 12.2 Å². The van der Waals surface area contributed by atoms with Gasteiger partial charge >= 0.3 is 12.2 Å². The number of piperidine rings is 1. The van der Waals surface area contributed by atoms with Crippen molar-refractivity contribution in [1.82, 2.24) is 15.6 Å². The number of pyridine rings is 1. The van der Waals surface area contributed by atoms with E-state index < -0.39 is 23.4 Å². The predicted molar refractivity (Wildman–Crippen MR) is 121 cm³/mol. The first kappa shape index (κ1) is 24.7. The highest BCUT2D eigenvalue weighted by molar-refractivity contribution is 5.89. The molecule has 1 saturated heterocycles. The zero-order valence-electron chi connectivity index (χ0n) is 19.9. The van der Waals surface area contributed by atoms with E-state index in [-0.39, 0.29) is 18.0 Å². The molecule has 1 aromatic rings. The summed E-state index contributed by atoms with van der Waals surface area (Å²) in [4.78, 5) is 31.0. The Kier molecular flexibility index (Phi) is 7.75. The van der Waals surface area contributed by atoms with Crippen LogP contribution in [0.5, 0.6) is 0 Å². The van der Waals surface area contributed by atoms with E-state index in [1.807, 2.05) is 54.7 Å². The van der Waals surface area contributed by atoms with Crippen LogP contribution in [0.4, 0.5) is 21.0 Å². The van der Waals surface area contributed by atoms with Gasteiger partial charge in [-0.25, -0.2) is 9.59 Å². The van der Waals surface area contributed by atoms with E-state index in [2.05, 4.69) is 32.8 Å². The molecule has 0 aromatic carbocycles. The molecule has 9 nitrogen and oxygen atoms in total. The molecule has 1 aliphatic heterocycles. The SMILES string of the molecule is CN[C@H]1[C@@H](C)CN(c2ccncc2NC(=O)OC(C)(C)C)C[C@H]1NC(=O)OC(C)(C)C. The molecule has 2 amide bonds. The Morgan fingerprint density at radius 1 is 1.06 bits per heavy atom. The van der Waals surface area contributed by atoms with Gasteiger partial charge in [0.25, 0.3) is 0 Å². The second-order valence-electron chi connectivity index (χ2n) is 9.97. The second-order valence-corrected chi connectivity index (χ2v) is 9.97. The van der Waals surface area contributed by atoms with Crippen LogP contribution in [0.1, 0.15) is 48.5 Å². The van der Waals surface area contributed by atoms with Crippen LogP contribution in [0.3, 0.4) is 0 Å². The topological polar surface area (TPSA) is 105 Å². The molecule has 3 atom stereocenters. The average molecular weight is 436 g/mol. The van der Waals surface area contributed by atoms with Gasteiger partial charge in [-0.2, -0.15) is 0 Å². The molecule has 2 rings (SSSR count). The van der Waals surface area contributed by atoms with Crippen molar-refractivity contribution in [2.75, 3.05) is 30.4 Å². The number of aromatic nitrogens is 1. The van der Waals surface area contributed by atoms with Crippen molar-refractivity contribution in [3.63, 3.8) is 0 Å². The summed E-state index contributed by atoms with van der Waals surface area (Å²) in [5.41, 5.74) is 0.199. The molecular weight excluding hydrogens is 398 g/mol. The van der Waals surface area contributed by atoms with Gasteiger partial charge in [-0.15, -0.1) is 0 Å². The zero-order chi connectivity index (χ0) is 23.4. The fourth-order valence-corrected chi connectivity index (χ4v) is 3.73. The lowest BCUT2D eigenvalue weighted by molar-refractivity contribution is 0.0480. The maximum Gasteiger partial charge on any atom is 0.412 e. The van der Waals surface area contributed by atoms with Crippen molar-refractivity contribution in [1.29, 1.82) is 0 Å². The summed E-state index contributed by atoms with van der Waals surface area (Å²) in [7, 11) is 1.89. The molecule has 0 radical (unpaired) electrons. The fraction of sp³-hybridized carbons (Fsp3) is 0.682. The number of carbonyl (C=O) groups is 2.